The minimum Gasteiger partial charge on any atom is -0.334 e. The van der Waals surface area contributed by atoms with E-state index in [4.69, 9.17) is 5.73 Å². The number of carbonyl (C=O) groups excluding carboxylic acids is 1. The summed E-state index contributed by atoms with van der Waals surface area (Å²) in [6.07, 6.45) is 3.65. The van der Waals surface area contributed by atoms with Crippen molar-refractivity contribution >= 4 is 41.8 Å². The number of aromatic nitrogens is 3. The van der Waals surface area contributed by atoms with Crippen LogP contribution in [0, 0.1) is 6.92 Å². The first-order valence-electron chi connectivity index (χ1n) is 6.92. The fourth-order valence-electron chi connectivity index (χ4n) is 2.94. The summed E-state index contributed by atoms with van der Waals surface area (Å²) in [6.45, 7) is 3.23. The summed E-state index contributed by atoms with van der Waals surface area (Å²) in [5, 5.41) is 5.26. The topological polar surface area (TPSA) is 77.0 Å². The SMILES string of the molecule is Cc1nn(C)c2ncc(C(=O)N3CCCC3CN)cc12.Cl.Cl. The van der Waals surface area contributed by atoms with Gasteiger partial charge in [-0.25, -0.2) is 4.98 Å². The Morgan fingerprint density at radius 2 is 2.18 bits per heavy atom. The number of pyridine rings is 1. The summed E-state index contributed by atoms with van der Waals surface area (Å²) in [7, 11) is 1.86. The molecule has 122 valence electrons. The molecule has 2 N–H and O–H groups in total. The quantitative estimate of drug-likeness (QED) is 0.898. The van der Waals surface area contributed by atoms with Crippen LogP contribution in [0.2, 0.25) is 0 Å². The zero-order chi connectivity index (χ0) is 14.3. The molecule has 0 radical (unpaired) electrons. The average Bonchev–Trinajstić information content (AvgIpc) is 3.03. The molecule has 0 spiro atoms. The zero-order valence-electron chi connectivity index (χ0n) is 12.7. The Labute approximate surface area is 141 Å². The molecule has 1 aliphatic rings. The maximum atomic E-state index is 12.6. The van der Waals surface area contributed by atoms with Crippen molar-refractivity contribution in [1.29, 1.82) is 0 Å². The third kappa shape index (κ3) is 3.04. The maximum Gasteiger partial charge on any atom is 0.255 e. The second kappa shape index (κ2) is 7.26. The molecule has 0 aliphatic carbocycles. The third-order valence-electron chi connectivity index (χ3n) is 4.02. The average molecular weight is 346 g/mol. The highest BCUT2D eigenvalue weighted by atomic mass is 35.5. The van der Waals surface area contributed by atoms with Gasteiger partial charge in [0.2, 0.25) is 0 Å². The Hall–Kier alpha value is -1.37. The van der Waals surface area contributed by atoms with Crippen LogP contribution >= 0.6 is 24.8 Å². The minimum atomic E-state index is 0. The Kier molecular flexibility index (Phi) is 6.17. The van der Waals surface area contributed by atoms with Crippen LogP contribution in [0.5, 0.6) is 0 Å². The highest BCUT2D eigenvalue weighted by Crippen LogP contribution is 2.22. The van der Waals surface area contributed by atoms with E-state index < -0.39 is 0 Å². The van der Waals surface area contributed by atoms with Crippen molar-refractivity contribution in [2.45, 2.75) is 25.8 Å². The van der Waals surface area contributed by atoms with Crippen molar-refractivity contribution in [1.82, 2.24) is 19.7 Å². The highest BCUT2D eigenvalue weighted by Gasteiger charge is 2.28. The van der Waals surface area contributed by atoms with Crippen molar-refractivity contribution in [2.75, 3.05) is 13.1 Å². The first kappa shape index (κ1) is 18.7. The zero-order valence-corrected chi connectivity index (χ0v) is 14.3. The number of rotatable bonds is 2. The number of aryl methyl sites for hydroxylation is 2. The molecule has 0 bridgehead atoms. The second-order valence-corrected chi connectivity index (χ2v) is 5.33. The summed E-state index contributed by atoms with van der Waals surface area (Å²) < 4.78 is 1.73. The van der Waals surface area contributed by atoms with Crippen molar-refractivity contribution < 1.29 is 4.79 Å². The number of carbonyl (C=O) groups is 1. The van der Waals surface area contributed by atoms with Gasteiger partial charge in [-0.1, -0.05) is 0 Å². The van der Waals surface area contributed by atoms with Gasteiger partial charge in [0.1, 0.15) is 0 Å². The van der Waals surface area contributed by atoms with E-state index in [-0.39, 0.29) is 36.8 Å². The lowest BCUT2D eigenvalue weighted by atomic mass is 10.1. The Balaban J connectivity index is 0.00000121. The van der Waals surface area contributed by atoms with Crippen LogP contribution in [0.15, 0.2) is 12.3 Å². The van der Waals surface area contributed by atoms with Crippen molar-refractivity contribution in [3.63, 3.8) is 0 Å². The van der Waals surface area contributed by atoms with E-state index in [1.165, 1.54) is 0 Å². The molecule has 6 nitrogen and oxygen atoms in total. The van der Waals surface area contributed by atoms with Crippen molar-refractivity contribution in [2.24, 2.45) is 12.8 Å². The predicted molar refractivity (Wildman–Crippen MR) is 90.9 cm³/mol. The summed E-state index contributed by atoms with van der Waals surface area (Å²) in [6, 6.07) is 2.05. The van der Waals surface area contributed by atoms with E-state index in [1.54, 1.807) is 10.9 Å². The van der Waals surface area contributed by atoms with Crippen LogP contribution in [0.3, 0.4) is 0 Å². The molecule has 1 saturated heterocycles. The van der Waals surface area contributed by atoms with Gasteiger partial charge in [-0.05, 0) is 25.8 Å². The molecule has 1 amide bonds. The first-order valence-corrected chi connectivity index (χ1v) is 6.92. The van der Waals surface area contributed by atoms with E-state index in [0.717, 1.165) is 36.1 Å². The van der Waals surface area contributed by atoms with Gasteiger partial charge < -0.3 is 10.6 Å². The van der Waals surface area contributed by atoms with Gasteiger partial charge in [-0.15, -0.1) is 24.8 Å². The normalized spacial score (nSPS) is 17.2. The van der Waals surface area contributed by atoms with E-state index in [2.05, 4.69) is 10.1 Å². The van der Waals surface area contributed by atoms with Crippen LogP contribution in [-0.2, 0) is 7.05 Å². The second-order valence-electron chi connectivity index (χ2n) is 5.33. The van der Waals surface area contributed by atoms with Gasteiger partial charge in [-0.2, -0.15) is 5.10 Å². The predicted octanol–water partition coefficient (Wildman–Crippen LogP) is 1.68. The Morgan fingerprint density at radius 3 is 2.86 bits per heavy atom. The van der Waals surface area contributed by atoms with Gasteiger partial charge in [0, 0.05) is 37.8 Å². The molecular weight excluding hydrogens is 325 g/mol. The summed E-state index contributed by atoms with van der Waals surface area (Å²) in [5.41, 5.74) is 8.05. The number of fused-ring (bicyclic) bond motifs is 1. The molecule has 8 heteroatoms. The maximum absolute atomic E-state index is 12.6. The lowest BCUT2D eigenvalue weighted by molar-refractivity contribution is 0.0741. The summed E-state index contributed by atoms with van der Waals surface area (Å²) in [5.74, 6) is 0.0237. The fourth-order valence-corrected chi connectivity index (χ4v) is 2.94. The number of hydrogen-bond acceptors (Lipinski definition) is 4. The van der Waals surface area contributed by atoms with Gasteiger partial charge in [-0.3, -0.25) is 9.48 Å². The molecule has 0 saturated carbocycles. The fraction of sp³-hybridized carbons (Fsp3) is 0.500. The molecule has 3 rings (SSSR count). The number of amides is 1. The number of halogens is 2. The van der Waals surface area contributed by atoms with Gasteiger partial charge in [0.05, 0.1) is 11.3 Å². The lowest BCUT2D eigenvalue weighted by Crippen LogP contribution is -2.39. The number of hydrogen-bond donors (Lipinski definition) is 1. The molecule has 1 fully saturated rings. The van der Waals surface area contributed by atoms with Crippen molar-refractivity contribution in [3.8, 4) is 0 Å². The molecule has 1 aliphatic heterocycles. The molecule has 2 aromatic heterocycles. The van der Waals surface area contributed by atoms with E-state index in [1.807, 2.05) is 24.9 Å². The third-order valence-corrected chi connectivity index (χ3v) is 4.02. The van der Waals surface area contributed by atoms with E-state index >= 15 is 0 Å². The van der Waals surface area contributed by atoms with E-state index in [9.17, 15) is 4.79 Å². The van der Waals surface area contributed by atoms with Crippen molar-refractivity contribution in [3.05, 3.63) is 23.5 Å². The summed E-state index contributed by atoms with van der Waals surface area (Å²) >= 11 is 0. The number of nitrogens with zero attached hydrogens (tertiary/aromatic N) is 4. The van der Waals surface area contributed by atoms with Crippen LogP contribution in [-0.4, -0.2) is 44.7 Å². The van der Waals surface area contributed by atoms with Crippen LogP contribution in [0.1, 0.15) is 28.9 Å². The van der Waals surface area contributed by atoms with Crippen LogP contribution in [0.4, 0.5) is 0 Å². The molecule has 0 aromatic carbocycles. The molecule has 1 atom stereocenters. The molecule has 1 unspecified atom stereocenters. The Morgan fingerprint density at radius 1 is 1.45 bits per heavy atom. The van der Waals surface area contributed by atoms with Crippen LogP contribution in [0.25, 0.3) is 11.0 Å². The van der Waals surface area contributed by atoms with Gasteiger partial charge in [0.25, 0.3) is 5.91 Å². The van der Waals surface area contributed by atoms with Gasteiger partial charge >= 0.3 is 0 Å². The smallest absolute Gasteiger partial charge is 0.255 e. The standard InChI is InChI=1S/C14H19N5O.2ClH/c1-9-12-6-10(8-16-13(12)18(2)17-9)14(20)19-5-3-4-11(19)7-15;;/h6,8,11H,3-5,7,15H2,1-2H3;2*1H. The first-order chi connectivity index (χ1) is 9.61. The Bertz CT molecular complexity index is 673. The minimum absolute atomic E-state index is 0. The molecule has 22 heavy (non-hydrogen) atoms. The number of nitrogens with two attached hydrogens (primary N) is 1. The molecular formula is C14H21Cl2N5O. The largest absolute Gasteiger partial charge is 0.334 e. The molecule has 2 aromatic rings. The summed E-state index contributed by atoms with van der Waals surface area (Å²) in [4.78, 5) is 18.8. The van der Waals surface area contributed by atoms with Crippen LogP contribution < -0.4 is 5.73 Å². The number of likely N-dealkylation sites (tertiary alicyclic amines) is 1. The lowest BCUT2D eigenvalue weighted by Gasteiger charge is -2.23. The van der Waals surface area contributed by atoms with E-state index in [0.29, 0.717) is 12.1 Å². The van der Waals surface area contributed by atoms with Gasteiger partial charge in [0.15, 0.2) is 5.65 Å². The monoisotopic (exact) mass is 345 g/mol. The highest BCUT2D eigenvalue weighted by molar-refractivity contribution is 5.97. The molecule has 3 heterocycles.